The molecule has 3 aliphatic heterocycles. The number of hydrogen-bond donors (Lipinski definition) is 7. The van der Waals surface area contributed by atoms with Crippen molar-refractivity contribution in [2.45, 2.75) is 204 Å². The third kappa shape index (κ3) is 21.1. The Balaban J connectivity index is 0.000000243. The van der Waals surface area contributed by atoms with Crippen LogP contribution in [0, 0.1) is 22.7 Å². The molecule has 7 fully saturated rings. The highest BCUT2D eigenvalue weighted by atomic mass is 31.2. The van der Waals surface area contributed by atoms with Gasteiger partial charge in [0.1, 0.15) is 71.2 Å². The maximum absolute atomic E-state index is 14.7. The van der Waals surface area contributed by atoms with Gasteiger partial charge in [-0.25, -0.2) is 28.5 Å². The number of rotatable bonds is 27. The van der Waals surface area contributed by atoms with Gasteiger partial charge in [0.15, 0.2) is 0 Å². The highest BCUT2D eigenvalue weighted by molar-refractivity contribution is 7.52. The molecule has 4 heterocycles. The van der Waals surface area contributed by atoms with E-state index in [1.807, 2.05) is 74.2 Å². The predicted molar refractivity (Wildman–Crippen MR) is 418 cm³/mol. The summed E-state index contributed by atoms with van der Waals surface area (Å²) in [6.07, 6.45) is 2.32. The number of methoxy groups -OCH3 is 1. The Morgan fingerprint density at radius 3 is 1.49 bits per heavy atom. The number of halogens is 3. The third-order valence-electron chi connectivity index (χ3n) is 22.0. The van der Waals surface area contributed by atoms with E-state index in [9.17, 15) is 65.5 Å². The van der Waals surface area contributed by atoms with Crippen LogP contribution in [0.5, 0.6) is 11.5 Å². The van der Waals surface area contributed by atoms with E-state index in [0.717, 1.165) is 109 Å². The van der Waals surface area contributed by atoms with E-state index in [4.69, 9.17) is 46.8 Å². The molecule has 4 aromatic rings. The molecule has 0 unspecified atom stereocenters. The summed E-state index contributed by atoms with van der Waals surface area (Å²) in [6, 6.07) is 15.1. The molecule has 3 aromatic carbocycles. The summed E-state index contributed by atoms with van der Waals surface area (Å²) in [7, 11) is -2.15. The number of ether oxygens (including phenoxy) is 5. The second-order valence-corrected chi connectivity index (χ2v) is 35.9. The van der Waals surface area contributed by atoms with Crippen LogP contribution in [0.1, 0.15) is 143 Å². The molecular weight excluding hydrogens is 1540 g/mol. The summed E-state index contributed by atoms with van der Waals surface area (Å²) < 4.78 is 116. The first kappa shape index (κ1) is 88.0. The molecule has 31 nitrogen and oxygen atoms in total. The smallest absolute Gasteiger partial charge is 0.434 e. The molecule has 115 heavy (non-hydrogen) atoms. The number of carbonyl (C=O) groups excluding carboxylic acids is 9. The second-order valence-electron chi connectivity index (χ2n) is 32.0. The van der Waals surface area contributed by atoms with Gasteiger partial charge in [0, 0.05) is 89.3 Å². The number of pyridine rings is 1. The fraction of sp³-hybridized carbons (Fsp3) is 0.570. The predicted octanol–water partition coefficient (Wildman–Crippen LogP) is 11.8. The topological polar surface area (TPSA) is 378 Å². The van der Waals surface area contributed by atoms with Crippen molar-refractivity contribution in [3.63, 3.8) is 0 Å². The van der Waals surface area contributed by atoms with Gasteiger partial charge < -0.3 is 59.7 Å². The van der Waals surface area contributed by atoms with E-state index < -0.39 is 151 Å². The van der Waals surface area contributed by atoms with Crippen LogP contribution < -0.4 is 51.1 Å². The van der Waals surface area contributed by atoms with Gasteiger partial charge >= 0.3 is 39.9 Å². The Hall–Kier alpha value is -9.33. The van der Waals surface area contributed by atoms with E-state index in [1.54, 1.807) is 33.9 Å². The molecule has 0 bridgehead atoms. The molecule has 4 saturated carbocycles. The Kier molecular flexibility index (Phi) is 27.9. The van der Waals surface area contributed by atoms with E-state index in [0.29, 0.717) is 59.7 Å². The number of anilines is 2. The number of piperidine rings is 1. The lowest BCUT2D eigenvalue weighted by molar-refractivity contribution is -0.143. The standard InChI is InChI=1S/C41H52N5O10P.C38H54F3N6O10P/c1-8-26-23-41(26,38(49)45-57(51,53-6)54-7)44-36(47)33-21-29(24-46(33)37(48)35(40(2,3)4)43-39(50)56-27-16-12-13-17-27)55-34-22-31(25-14-10-9-11-15-25)42-32-20-28(52-5)18-19-30(32)34;1-7-23-21-37(23,33(50)45-58(53,54-5)55-6)44-31(48)29-20-26(22-47(29)32(49)30(36(2,3)4)43-35(52)56-25-13-9-10-14-25)57-34(51)42-27-19-24(38(39,40)41)15-16-28(27)46-17-11-8-12-18-46/h8-11,14-15,18-20,22,26-27,29,33,35H,1,12-13,16-17,21,23-24H2,2-7H3,(H,43,50)(H,44,47)(H,45,49,51);7,15-16,19,23,25-26,29-30H,1,8-14,17-18,20-22H2,2-6H3,(H,42,51)(H,43,52)(H,44,48)(H,45,50,53)/t26-,29-,33+,35-,41-;23-,26-,29+,30-,37-/m11/s1. The highest BCUT2D eigenvalue weighted by Gasteiger charge is 2.64. The van der Waals surface area contributed by atoms with Crippen molar-refractivity contribution in [3.8, 4) is 22.8 Å². The molecule has 3 saturated heterocycles. The quantitative estimate of drug-likeness (QED) is 0.0166. The van der Waals surface area contributed by atoms with Gasteiger partial charge in [-0.2, -0.15) is 13.2 Å². The Morgan fingerprint density at radius 2 is 1.04 bits per heavy atom. The van der Waals surface area contributed by atoms with Crippen molar-refractivity contribution in [3.05, 3.63) is 104 Å². The first-order chi connectivity index (χ1) is 54.4. The van der Waals surface area contributed by atoms with Crippen molar-refractivity contribution < 1.29 is 107 Å². The van der Waals surface area contributed by atoms with Crippen LogP contribution in [0.2, 0.25) is 0 Å². The Labute approximate surface area is 666 Å². The monoisotopic (exact) mass is 1650 g/mol. The van der Waals surface area contributed by atoms with Crippen molar-refractivity contribution >= 4 is 91.5 Å². The van der Waals surface area contributed by atoms with Crippen LogP contribution in [0.3, 0.4) is 0 Å². The molecule has 1 aromatic heterocycles. The minimum atomic E-state index is -4.70. The summed E-state index contributed by atoms with van der Waals surface area (Å²) in [4.78, 5) is 134. The van der Waals surface area contributed by atoms with Gasteiger partial charge in [-0.05, 0) is 125 Å². The number of fused-ring (bicyclic) bond motifs is 1. The first-order valence-electron chi connectivity index (χ1n) is 38.5. The van der Waals surface area contributed by atoms with Crippen LogP contribution >= 0.6 is 15.5 Å². The Bertz CT molecular complexity index is 4360. The minimum Gasteiger partial charge on any atom is -0.497 e. The lowest BCUT2D eigenvalue weighted by Gasteiger charge is -2.35. The molecule has 36 heteroatoms. The molecule has 11 rings (SSSR count). The van der Waals surface area contributed by atoms with Gasteiger partial charge in [0.25, 0.3) is 11.8 Å². The molecule has 628 valence electrons. The highest BCUT2D eigenvalue weighted by Crippen LogP contribution is 2.52. The van der Waals surface area contributed by atoms with E-state index in [1.165, 1.54) is 23.1 Å². The molecule has 10 atom stereocenters. The number of amides is 9. The zero-order valence-corrected chi connectivity index (χ0v) is 68.5. The van der Waals surface area contributed by atoms with Crippen molar-refractivity contribution in [1.29, 1.82) is 0 Å². The number of hydrogen-bond acceptors (Lipinski definition) is 22. The first-order valence-corrected chi connectivity index (χ1v) is 41.6. The van der Waals surface area contributed by atoms with Gasteiger partial charge in [-0.1, -0.05) is 84.0 Å². The SMILES string of the molecule is C=C[C@@H]1C[C@]1(NC(=O)[C@@H]1C[C@@H](OC(=O)Nc2cc(C(F)(F)F)ccc2N2CCCCC2)CN1C(=O)[C@@H](NC(=O)OC1CCCC1)C(C)(C)C)C(=O)NP(=O)(OC)OC.C=C[C@@H]1C[C@]1(NC(=O)[C@@H]1C[C@@H](Oc2cc(-c3ccccc3)nc3cc(OC)ccc23)CN1C(=O)[C@@H](NC(=O)OC1CCCC1)C(C)(C)C)C(=O)NP(=O)(OC)OC. The van der Waals surface area contributed by atoms with E-state index in [2.05, 4.69) is 49.9 Å². The maximum Gasteiger partial charge on any atom is 0.434 e. The van der Waals surface area contributed by atoms with Crippen LogP contribution in [0.25, 0.3) is 22.2 Å². The lowest BCUT2D eigenvalue weighted by atomic mass is 9.85. The van der Waals surface area contributed by atoms with Crippen molar-refractivity contribution in [2.24, 2.45) is 22.7 Å². The summed E-state index contributed by atoms with van der Waals surface area (Å²) in [6.45, 7) is 18.8. The average molecular weight is 1650 g/mol. The number of aromatic nitrogens is 1. The summed E-state index contributed by atoms with van der Waals surface area (Å²) in [5.41, 5.74) is -3.52. The molecule has 0 spiro atoms. The van der Waals surface area contributed by atoms with Crippen LogP contribution in [-0.2, 0) is 76.4 Å². The van der Waals surface area contributed by atoms with Gasteiger partial charge in [0.2, 0.25) is 23.6 Å². The number of likely N-dealkylation sites (tertiary alicyclic amines) is 2. The molecule has 0 radical (unpaired) electrons. The lowest BCUT2D eigenvalue weighted by Crippen LogP contribution is -2.60. The van der Waals surface area contributed by atoms with E-state index >= 15 is 0 Å². The van der Waals surface area contributed by atoms with Crippen LogP contribution in [-0.4, -0.2) is 190 Å². The number of alkyl carbamates (subject to hydrolysis) is 2. The minimum absolute atomic E-state index is 0.0316. The van der Waals surface area contributed by atoms with Gasteiger partial charge in [0.05, 0.1) is 48.3 Å². The largest absolute Gasteiger partial charge is 0.497 e. The maximum atomic E-state index is 14.7. The van der Waals surface area contributed by atoms with Crippen LogP contribution in [0.4, 0.5) is 38.9 Å². The summed E-state index contributed by atoms with van der Waals surface area (Å²) in [5, 5.41) is 18.6. The average Bonchev–Trinajstić information content (AvgIpc) is 1.58. The zero-order valence-electron chi connectivity index (χ0n) is 66.7. The fourth-order valence-corrected chi connectivity index (χ4v) is 16.9. The normalized spacial score (nSPS) is 23.5. The van der Waals surface area contributed by atoms with Crippen molar-refractivity contribution in [1.82, 2.24) is 46.2 Å². The van der Waals surface area contributed by atoms with Crippen molar-refractivity contribution in [2.75, 3.05) is 71.9 Å². The fourth-order valence-electron chi connectivity index (χ4n) is 15.3. The third-order valence-corrected chi connectivity index (χ3v) is 24.9. The number of alkyl halides is 3. The second kappa shape index (κ2) is 36.5. The van der Waals surface area contributed by atoms with Gasteiger partial charge in [-0.3, -0.25) is 62.4 Å². The molecule has 7 aliphatic rings. The number of benzene rings is 3. The number of nitrogens with one attached hydrogen (secondary N) is 7. The molecule has 4 aliphatic carbocycles. The molecule has 9 amide bonds. The Morgan fingerprint density at radius 1 is 0.574 bits per heavy atom. The van der Waals surface area contributed by atoms with Gasteiger partial charge in [-0.15, -0.1) is 13.2 Å². The molecule has 7 N–H and O–H groups in total. The molecular formula is C79H106F3N11O20P2. The summed E-state index contributed by atoms with van der Waals surface area (Å²) >= 11 is 0. The van der Waals surface area contributed by atoms with E-state index in [-0.39, 0.29) is 56.7 Å². The number of carbonyl (C=O) groups is 9. The summed E-state index contributed by atoms with van der Waals surface area (Å²) in [5.74, 6) is -4.44. The number of nitrogens with zero attached hydrogens (tertiary/aromatic N) is 4. The zero-order chi connectivity index (χ0) is 83.8. The van der Waals surface area contributed by atoms with Crippen LogP contribution in [0.15, 0.2) is 98.1 Å².